The molecule has 2 aromatic rings. The molecule has 1 aromatic heterocycles. The number of benzene rings is 1. The molecule has 0 aliphatic carbocycles. The molecule has 1 heterocycles. The molecule has 0 amide bonds. The second-order valence-corrected chi connectivity index (χ2v) is 7.28. The van der Waals surface area contributed by atoms with Gasteiger partial charge in [-0.3, -0.25) is 9.40 Å². The van der Waals surface area contributed by atoms with Crippen molar-refractivity contribution in [1.82, 2.24) is 9.78 Å². The third kappa shape index (κ3) is 3.39. The van der Waals surface area contributed by atoms with E-state index in [1.165, 1.54) is 6.20 Å². The summed E-state index contributed by atoms with van der Waals surface area (Å²) in [5, 5.41) is 4.74. The number of halogens is 1. The van der Waals surface area contributed by atoms with E-state index in [-0.39, 0.29) is 10.9 Å². The van der Waals surface area contributed by atoms with E-state index in [1.54, 1.807) is 29.8 Å². The zero-order chi connectivity index (χ0) is 15.8. The number of hydrogen-bond donors (Lipinski definition) is 1. The molecule has 0 bridgehead atoms. The monoisotopic (exact) mass is 327 g/mol. The zero-order valence-corrected chi connectivity index (χ0v) is 14.0. The minimum Gasteiger partial charge on any atom is -0.279 e. The van der Waals surface area contributed by atoms with E-state index in [2.05, 4.69) is 9.82 Å². The van der Waals surface area contributed by atoms with Crippen molar-refractivity contribution >= 4 is 27.3 Å². The standard InChI is InChI=1S/C14H18ClN3O2S/c1-9(2)18-8-14(11(4)16-18)21(19,20)17-12-6-5-10(3)13(15)7-12/h5-9,17H,1-4H3. The van der Waals surface area contributed by atoms with E-state index < -0.39 is 10.0 Å². The van der Waals surface area contributed by atoms with E-state index in [1.807, 2.05) is 20.8 Å². The highest BCUT2D eigenvalue weighted by atomic mass is 35.5. The van der Waals surface area contributed by atoms with Crippen molar-refractivity contribution in [2.45, 2.75) is 38.6 Å². The molecule has 0 fully saturated rings. The molecule has 0 atom stereocenters. The molecule has 0 aliphatic heterocycles. The van der Waals surface area contributed by atoms with E-state index in [0.29, 0.717) is 16.4 Å². The molecule has 0 aliphatic rings. The molecular formula is C14H18ClN3O2S. The predicted octanol–water partition coefficient (Wildman–Crippen LogP) is 3.54. The van der Waals surface area contributed by atoms with Crippen LogP contribution in [0.25, 0.3) is 0 Å². The van der Waals surface area contributed by atoms with Crippen LogP contribution in [0.4, 0.5) is 5.69 Å². The minimum atomic E-state index is -3.68. The lowest BCUT2D eigenvalue weighted by Crippen LogP contribution is -2.13. The summed E-state index contributed by atoms with van der Waals surface area (Å²) in [7, 11) is -3.68. The fourth-order valence-electron chi connectivity index (χ4n) is 1.86. The Balaban J connectivity index is 2.36. The maximum Gasteiger partial charge on any atom is 0.265 e. The number of nitrogens with one attached hydrogen (secondary N) is 1. The van der Waals surface area contributed by atoms with Gasteiger partial charge in [-0.05, 0) is 45.4 Å². The maximum absolute atomic E-state index is 12.4. The molecule has 1 aromatic carbocycles. The first kappa shape index (κ1) is 15.9. The summed E-state index contributed by atoms with van der Waals surface area (Å²) in [6.07, 6.45) is 1.54. The first-order valence-corrected chi connectivity index (χ1v) is 8.41. The number of sulfonamides is 1. The normalized spacial score (nSPS) is 11.9. The molecular weight excluding hydrogens is 310 g/mol. The summed E-state index contributed by atoms with van der Waals surface area (Å²) in [6, 6.07) is 5.14. The van der Waals surface area contributed by atoms with Crippen LogP contribution < -0.4 is 4.72 Å². The molecule has 0 radical (unpaired) electrons. The third-order valence-corrected chi connectivity index (χ3v) is 5.01. The summed E-state index contributed by atoms with van der Waals surface area (Å²) in [4.78, 5) is 0.174. The maximum atomic E-state index is 12.4. The first-order chi connectivity index (χ1) is 9.70. The van der Waals surface area contributed by atoms with Gasteiger partial charge in [-0.15, -0.1) is 0 Å². The van der Waals surface area contributed by atoms with Gasteiger partial charge in [0.15, 0.2) is 0 Å². The number of hydrogen-bond acceptors (Lipinski definition) is 3. The summed E-state index contributed by atoms with van der Waals surface area (Å²) in [6.45, 7) is 7.42. The van der Waals surface area contributed by atoms with Gasteiger partial charge >= 0.3 is 0 Å². The Morgan fingerprint density at radius 2 is 1.95 bits per heavy atom. The van der Waals surface area contributed by atoms with Gasteiger partial charge in [-0.2, -0.15) is 5.10 Å². The summed E-state index contributed by atoms with van der Waals surface area (Å²) < 4.78 is 29.1. The Labute approximate surface area is 130 Å². The van der Waals surface area contributed by atoms with E-state index in [9.17, 15) is 8.42 Å². The zero-order valence-electron chi connectivity index (χ0n) is 12.4. The number of anilines is 1. The lowest BCUT2D eigenvalue weighted by atomic mass is 10.2. The quantitative estimate of drug-likeness (QED) is 0.934. The van der Waals surface area contributed by atoms with Crippen LogP contribution in [0, 0.1) is 13.8 Å². The van der Waals surface area contributed by atoms with Crippen molar-refractivity contribution in [2.75, 3.05) is 4.72 Å². The molecule has 7 heteroatoms. The molecule has 0 spiro atoms. The molecule has 5 nitrogen and oxygen atoms in total. The van der Waals surface area contributed by atoms with Crippen LogP contribution in [-0.4, -0.2) is 18.2 Å². The second kappa shape index (κ2) is 5.69. The third-order valence-electron chi connectivity index (χ3n) is 3.11. The van der Waals surface area contributed by atoms with Crippen molar-refractivity contribution in [3.63, 3.8) is 0 Å². The van der Waals surface area contributed by atoms with Crippen LogP contribution in [0.3, 0.4) is 0 Å². The van der Waals surface area contributed by atoms with Crippen LogP contribution in [0.15, 0.2) is 29.3 Å². The number of nitrogens with zero attached hydrogens (tertiary/aromatic N) is 2. The molecule has 0 saturated heterocycles. The summed E-state index contributed by atoms with van der Waals surface area (Å²) >= 11 is 6.01. The average Bonchev–Trinajstić information content (AvgIpc) is 2.77. The highest BCUT2D eigenvalue weighted by molar-refractivity contribution is 7.92. The minimum absolute atomic E-state index is 0.0986. The molecule has 114 valence electrons. The van der Waals surface area contributed by atoms with Gasteiger partial charge in [0.05, 0.1) is 11.4 Å². The van der Waals surface area contributed by atoms with Crippen LogP contribution >= 0.6 is 11.6 Å². The van der Waals surface area contributed by atoms with E-state index in [4.69, 9.17) is 11.6 Å². The lowest BCUT2D eigenvalue weighted by Gasteiger charge is -2.08. The Kier molecular flexibility index (Phi) is 4.30. The van der Waals surface area contributed by atoms with Crippen molar-refractivity contribution in [3.8, 4) is 0 Å². The highest BCUT2D eigenvalue weighted by Gasteiger charge is 2.21. The topological polar surface area (TPSA) is 64.0 Å². The van der Waals surface area contributed by atoms with Gasteiger partial charge in [0.25, 0.3) is 10.0 Å². The largest absolute Gasteiger partial charge is 0.279 e. The SMILES string of the molecule is Cc1ccc(NS(=O)(=O)c2cn(C(C)C)nc2C)cc1Cl. The van der Waals surface area contributed by atoms with Crippen LogP contribution in [0.5, 0.6) is 0 Å². The molecule has 0 saturated carbocycles. The average molecular weight is 328 g/mol. The fourth-order valence-corrected chi connectivity index (χ4v) is 3.26. The highest BCUT2D eigenvalue weighted by Crippen LogP contribution is 2.24. The number of aryl methyl sites for hydroxylation is 2. The van der Waals surface area contributed by atoms with Crippen LogP contribution in [0.2, 0.25) is 5.02 Å². The van der Waals surface area contributed by atoms with E-state index in [0.717, 1.165) is 5.56 Å². The molecule has 21 heavy (non-hydrogen) atoms. The van der Waals surface area contributed by atoms with E-state index >= 15 is 0 Å². The Bertz CT molecular complexity index is 767. The Morgan fingerprint density at radius 1 is 1.29 bits per heavy atom. The molecule has 0 unspecified atom stereocenters. The summed E-state index contributed by atoms with van der Waals surface area (Å²) in [5.74, 6) is 0. The van der Waals surface area contributed by atoms with Gasteiger partial charge < -0.3 is 0 Å². The predicted molar refractivity (Wildman–Crippen MR) is 84.3 cm³/mol. The van der Waals surface area contributed by atoms with Gasteiger partial charge in [-0.25, -0.2) is 8.42 Å². The molecule has 1 N–H and O–H groups in total. The van der Waals surface area contributed by atoms with Gasteiger partial charge in [0.1, 0.15) is 4.90 Å². The number of aromatic nitrogens is 2. The van der Waals surface area contributed by atoms with Gasteiger partial charge in [0, 0.05) is 17.3 Å². The fraction of sp³-hybridized carbons (Fsp3) is 0.357. The van der Waals surface area contributed by atoms with Crippen molar-refractivity contribution in [2.24, 2.45) is 0 Å². The van der Waals surface area contributed by atoms with Gasteiger partial charge in [0.2, 0.25) is 0 Å². The first-order valence-electron chi connectivity index (χ1n) is 6.55. The van der Waals surface area contributed by atoms with Gasteiger partial charge in [-0.1, -0.05) is 17.7 Å². The Morgan fingerprint density at radius 3 is 2.48 bits per heavy atom. The Hall–Kier alpha value is -1.53. The van der Waals surface area contributed by atoms with Crippen LogP contribution in [0.1, 0.15) is 31.1 Å². The van der Waals surface area contributed by atoms with Crippen molar-refractivity contribution in [1.29, 1.82) is 0 Å². The van der Waals surface area contributed by atoms with Crippen molar-refractivity contribution < 1.29 is 8.42 Å². The molecule has 2 rings (SSSR count). The summed E-state index contributed by atoms with van der Waals surface area (Å²) in [5.41, 5.74) is 1.79. The van der Waals surface area contributed by atoms with Crippen molar-refractivity contribution in [3.05, 3.63) is 40.7 Å². The van der Waals surface area contributed by atoms with Crippen LogP contribution in [-0.2, 0) is 10.0 Å². The second-order valence-electron chi connectivity index (χ2n) is 5.22. The lowest BCUT2D eigenvalue weighted by molar-refractivity contribution is 0.528. The number of rotatable bonds is 4. The smallest absolute Gasteiger partial charge is 0.265 e.